The van der Waals surface area contributed by atoms with Gasteiger partial charge in [0.1, 0.15) is 0 Å². The summed E-state index contributed by atoms with van der Waals surface area (Å²) in [5.41, 5.74) is -0.727. The largest absolute Gasteiger partial charge is 0.481 e. The van der Waals surface area contributed by atoms with E-state index >= 15 is 0 Å². The fraction of sp³-hybridized carbons (Fsp3) is 0.857. The Kier molecular flexibility index (Phi) is 5.13. The zero-order valence-electron chi connectivity index (χ0n) is 11.3. The molecule has 1 amide bonds. The molecular formula is C14H23NO3S. The van der Waals surface area contributed by atoms with Crippen LogP contribution in [0.3, 0.4) is 0 Å². The van der Waals surface area contributed by atoms with Gasteiger partial charge in [-0.15, -0.1) is 11.8 Å². The number of carbonyl (C=O) groups is 2. The lowest BCUT2D eigenvalue weighted by Crippen LogP contribution is -2.44. The second kappa shape index (κ2) is 6.64. The number of carbonyl (C=O) groups excluding carboxylic acids is 1. The SMILES string of the molecule is O=C(NCC1(C(=O)O)CCCCCC1)C1CCCS1. The summed E-state index contributed by atoms with van der Waals surface area (Å²) in [6, 6.07) is 0. The molecule has 2 aliphatic rings. The molecule has 0 aromatic carbocycles. The van der Waals surface area contributed by atoms with Crippen molar-refractivity contribution in [3.8, 4) is 0 Å². The van der Waals surface area contributed by atoms with E-state index in [-0.39, 0.29) is 11.2 Å². The summed E-state index contributed by atoms with van der Waals surface area (Å²) in [7, 11) is 0. The standard InChI is InChI=1S/C14H23NO3S/c16-12(11-6-5-9-19-11)15-10-14(13(17)18)7-3-1-2-4-8-14/h11H,1-10H2,(H,15,16)(H,17,18). The molecule has 19 heavy (non-hydrogen) atoms. The predicted molar refractivity (Wildman–Crippen MR) is 76.3 cm³/mol. The molecule has 2 rings (SSSR count). The molecule has 1 heterocycles. The van der Waals surface area contributed by atoms with Crippen LogP contribution in [0.25, 0.3) is 0 Å². The zero-order chi connectivity index (χ0) is 13.7. The maximum atomic E-state index is 12.0. The molecule has 1 saturated carbocycles. The molecule has 108 valence electrons. The average Bonchev–Trinajstić information content (AvgIpc) is 2.82. The third kappa shape index (κ3) is 3.65. The van der Waals surface area contributed by atoms with Crippen LogP contribution in [0.1, 0.15) is 51.4 Å². The van der Waals surface area contributed by atoms with Gasteiger partial charge in [-0.05, 0) is 31.4 Å². The van der Waals surface area contributed by atoms with Crippen molar-refractivity contribution < 1.29 is 14.7 Å². The number of carboxylic acid groups (broad SMARTS) is 1. The van der Waals surface area contributed by atoms with E-state index in [1.54, 1.807) is 11.8 Å². The summed E-state index contributed by atoms with van der Waals surface area (Å²) in [5.74, 6) is 0.337. The molecule has 2 N–H and O–H groups in total. The van der Waals surface area contributed by atoms with Gasteiger partial charge in [-0.1, -0.05) is 25.7 Å². The molecule has 0 spiro atoms. The summed E-state index contributed by atoms with van der Waals surface area (Å²) >= 11 is 1.69. The van der Waals surface area contributed by atoms with Gasteiger partial charge in [0.2, 0.25) is 5.91 Å². The van der Waals surface area contributed by atoms with Gasteiger partial charge in [-0.3, -0.25) is 9.59 Å². The van der Waals surface area contributed by atoms with Gasteiger partial charge in [0, 0.05) is 6.54 Å². The van der Waals surface area contributed by atoms with Crippen LogP contribution in [0, 0.1) is 5.41 Å². The molecule has 1 unspecified atom stereocenters. The molecule has 0 aromatic heterocycles. The lowest BCUT2D eigenvalue weighted by atomic mass is 9.80. The third-order valence-corrected chi connectivity index (χ3v) is 5.71. The third-order valence-electron chi connectivity index (χ3n) is 4.34. The number of carboxylic acids is 1. The van der Waals surface area contributed by atoms with Crippen molar-refractivity contribution in [2.75, 3.05) is 12.3 Å². The van der Waals surface area contributed by atoms with E-state index in [0.29, 0.717) is 19.4 Å². The highest BCUT2D eigenvalue weighted by Crippen LogP contribution is 2.35. The lowest BCUT2D eigenvalue weighted by Gasteiger charge is -2.28. The topological polar surface area (TPSA) is 66.4 Å². The van der Waals surface area contributed by atoms with Gasteiger partial charge in [0.05, 0.1) is 10.7 Å². The zero-order valence-corrected chi connectivity index (χ0v) is 12.1. The summed E-state index contributed by atoms with van der Waals surface area (Å²) in [6.45, 7) is 0.304. The first-order chi connectivity index (χ1) is 9.14. The van der Waals surface area contributed by atoms with Crippen LogP contribution in [-0.2, 0) is 9.59 Å². The number of nitrogens with one attached hydrogen (secondary N) is 1. The Morgan fingerprint density at radius 3 is 2.37 bits per heavy atom. The number of aliphatic carboxylic acids is 1. The molecule has 1 saturated heterocycles. The first-order valence-electron chi connectivity index (χ1n) is 7.27. The van der Waals surface area contributed by atoms with E-state index in [4.69, 9.17) is 0 Å². The molecule has 2 fully saturated rings. The molecular weight excluding hydrogens is 262 g/mol. The molecule has 1 aliphatic carbocycles. The van der Waals surface area contributed by atoms with Crippen LogP contribution in [-0.4, -0.2) is 34.5 Å². The van der Waals surface area contributed by atoms with Crippen molar-refractivity contribution in [2.24, 2.45) is 5.41 Å². The van der Waals surface area contributed by atoms with Gasteiger partial charge >= 0.3 is 5.97 Å². The van der Waals surface area contributed by atoms with Crippen LogP contribution < -0.4 is 5.32 Å². The highest BCUT2D eigenvalue weighted by atomic mass is 32.2. The van der Waals surface area contributed by atoms with Crippen LogP contribution in [0.15, 0.2) is 0 Å². The Morgan fingerprint density at radius 1 is 1.16 bits per heavy atom. The summed E-state index contributed by atoms with van der Waals surface area (Å²) < 4.78 is 0. The Morgan fingerprint density at radius 2 is 1.84 bits per heavy atom. The molecule has 0 radical (unpaired) electrons. The Bertz CT molecular complexity index is 332. The van der Waals surface area contributed by atoms with Crippen molar-refractivity contribution in [1.82, 2.24) is 5.32 Å². The Hall–Kier alpha value is -0.710. The fourth-order valence-electron chi connectivity index (χ4n) is 3.03. The minimum absolute atomic E-state index is 0.0346. The second-order valence-electron chi connectivity index (χ2n) is 5.72. The molecule has 4 nitrogen and oxygen atoms in total. The fourth-order valence-corrected chi connectivity index (χ4v) is 4.21. The van der Waals surface area contributed by atoms with Crippen LogP contribution in [0.5, 0.6) is 0 Å². The summed E-state index contributed by atoms with van der Waals surface area (Å²) in [5, 5.41) is 12.5. The minimum Gasteiger partial charge on any atom is -0.481 e. The van der Waals surface area contributed by atoms with Gasteiger partial charge < -0.3 is 10.4 Å². The van der Waals surface area contributed by atoms with E-state index in [0.717, 1.165) is 44.3 Å². The molecule has 5 heteroatoms. The van der Waals surface area contributed by atoms with Crippen molar-refractivity contribution in [3.05, 3.63) is 0 Å². The normalized spacial score (nSPS) is 26.6. The number of rotatable bonds is 4. The number of thioether (sulfide) groups is 1. The smallest absolute Gasteiger partial charge is 0.311 e. The highest BCUT2D eigenvalue weighted by molar-refractivity contribution is 8.00. The molecule has 1 atom stereocenters. The predicted octanol–water partition coefficient (Wildman–Crippen LogP) is 2.42. The highest BCUT2D eigenvalue weighted by Gasteiger charge is 2.39. The number of amides is 1. The monoisotopic (exact) mass is 285 g/mol. The lowest BCUT2D eigenvalue weighted by molar-refractivity contribution is -0.149. The van der Waals surface area contributed by atoms with Crippen LogP contribution >= 0.6 is 11.8 Å². The van der Waals surface area contributed by atoms with Gasteiger partial charge in [0.25, 0.3) is 0 Å². The maximum absolute atomic E-state index is 12.0. The molecule has 0 bridgehead atoms. The van der Waals surface area contributed by atoms with Crippen molar-refractivity contribution in [1.29, 1.82) is 0 Å². The van der Waals surface area contributed by atoms with Crippen LogP contribution in [0.2, 0.25) is 0 Å². The first-order valence-corrected chi connectivity index (χ1v) is 8.32. The maximum Gasteiger partial charge on any atom is 0.311 e. The van der Waals surface area contributed by atoms with E-state index < -0.39 is 11.4 Å². The Labute approximate surface area is 118 Å². The van der Waals surface area contributed by atoms with E-state index in [1.165, 1.54) is 0 Å². The quantitative estimate of drug-likeness (QED) is 0.779. The average molecular weight is 285 g/mol. The van der Waals surface area contributed by atoms with Crippen molar-refractivity contribution >= 4 is 23.6 Å². The van der Waals surface area contributed by atoms with E-state index in [1.807, 2.05) is 0 Å². The van der Waals surface area contributed by atoms with Gasteiger partial charge in [-0.2, -0.15) is 0 Å². The van der Waals surface area contributed by atoms with Gasteiger partial charge in [0.15, 0.2) is 0 Å². The van der Waals surface area contributed by atoms with Crippen molar-refractivity contribution in [3.63, 3.8) is 0 Å². The van der Waals surface area contributed by atoms with Crippen LogP contribution in [0.4, 0.5) is 0 Å². The minimum atomic E-state index is -0.742. The number of hydrogen-bond donors (Lipinski definition) is 2. The van der Waals surface area contributed by atoms with Crippen molar-refractivity contribution in [2.45, 2.75) is 56.6 Å². The Balaban J connectivity index is 1.92. The van der Waals surface area contributed by atoms with Gasteiger partial charge in [-0.25, -0.2) is 0 Å². The first kappa shape index (κ1) is 14.7. The summed E-state index contributed by atoms with van der Waals surface area (Å²) in [6.07, 6.45) is 7.55. The second-order valence-corrected chi connectivity index (χ2v) is 7.03. The molecule has 1 aliphatic heterocycles. The number of hydrogen-bond acceptors (Lipinski definition) is 3. The van der Waals surface area contributed by atoms with E-state index in [9.17, 15) is 14.7 Å². The molecule has 0 aromatic rings. The summed E-state index contributed by atoms with van der Waals surface area (Å²) in [4.78, 5) is 23.6. The van der Waals surface area contributed by atoms with E-state index in [2.05, 4.69) is 5.32 Å².